The predicted octanol–water partition coefficient (Wildman–Crippen LogP) is 5.77. The molecule has 51 heavy (non-hydrogen) atoms. The quantitative estimate of drug-likeness (QED) is 0.324. The zero-order valence-electron chi connectivity index (χ0n) is 29.5. The van der Waals surface area contributed by atoms with Crippen LogP contribution >= 0.6 is 11.6 Å². The summed E-state index contributed by atoms with van der Waals surface area (Å²) in [7, 11) is 2.63. The second-order valence-corrected chi connectivity index (χ2v) is 15.8. The first-order chi connectivity index (χ1) is 24.6. The maximum atomic E-state index is 14.5. The van der Waals surface area contributed by atoms with E-state index in [2.05, 4.69) is 25.1 Å². The topological polar surface area (TPSA) is 134 Å². The molecule has 12 nitrogen and oxygen atoms in total. The van der Waals surface area contributed by atoms with E-state index in [0.717, 1.165) is 43.4 Å². The van der Waals surface area contributed by atoms with Gasteiger partial charge in [0.2, 0.25) is 5.88 Å². The zero-order chi connectivity index (χ0) is 36.1. The molecule has 3 aliphatic rings. The molecule has 2 bridgehead atoms. The van der Waals surface area contributed by atoms with E-state index in [1.165, 1.54) is 23.6 Å². The molecule has 1 aliphatic carbocycles. The molecule has 1 aromatic heterocycles. The Kier molecular flexibility index (Phi) is 11.7. The van der Waals surface area contributed by atoms with Crippen LogP contribution in [-0.2, 0) is 39.4 Å². The number of halogens is 1. The van der Waals surface area contributed by atoms with Gasteiger partial charge >= 0.3 is 0 Å². The summed E-state index contributed by atoms with van der Waals surface area (Å²) in [5.74, 6) is -0.324. The molecule has 14 heteroatoms. The van der Waals surface area contributed by atoms with Gasteiger partial charge in [0, 0.05) is 51.1 Å². The summed E-state index contributed by atoms with van der Waals surface area (Å²) in [6.07, 6.45) is 9.65. The molecule has 3 heterocycles. The number of aromatic nitrogens is 2. The number of aryl methyl sites for hydroxylation is 2. The Hall–Kier alpha value is -3.91. The van der Waals surface area contributed by atoms with Gasteiger partial charge in [-0.3, -0.25) is 19.0 Å². The van der Waals surface area contributed by atoms with E-state index in [1.807, 2.05) is 24.3 Å². The van der Waals surface area contributed by atoms with E-state index in [0.29, 0.717) is 36.4 Å². The SMILES string of the molecule is COc1nn(C)cc1C(=O)NS1(=O)=NC(=O)c2ccc3c(c2)N(Cc2ccc(Cl)cc2CCCCO3)C[C@@H]2CC[C@H]2[C@@H](OC)/C=C/[C@H](OC)CC1. The predicted molar refractivity (Wildman–Crippen MR) is 196 cm³/mol. The van der Waals surface area contributed by atoms with Crippen LogP contribution in [0.3, 0.4) is 0 Å². The van der Waals surface area contributed by atoms with Gasteiger partial charge in [0.15, 0.2) is 0 Å². The van der Waals surface area contributed by atoms with Crippen molar-refractivity contribution in [2.24, 2.45) is 23.2 Å². The molecule has 3 aromatic rings. The van der Waals surface area contributed by atoms with Crippen molar-refractivity contribution in [2.75, 3.05) is 45.1 Å². The molecular weight excluding hydrogens is 694 g/mol. The van der Waals surface area contributed by atoms with Gasteiger partial charge in [-0.25, -0.2) is 4.21 Å². The number of methoxy groups -OCH3 is 3. The van der Waals surface area contributed by atoms with Gasteiger partial charge in [-0.05, 0) is 91.8 Å². The van der Waals surface area contributed by atoms with Crippen molar-refractivity contribution in [3.05, 3.63) is 82.0 Å². The van der Waals surface area contributed by atoms with Crippen molar-refractivity contribution in [2.45, 2.75) is 57.3 Å². The number of benzene rings is 2. The summed E-state index contributed by atoms with van der Waals surface area (Å²) in [6.45, 7) is 1.77. The minimum absolute atomic E-state index is 0.0586. The fourth-order valence-corrected chi connectivity index (χ4v) is 8.83. The fraction of sp³-hybridized carbons (Fsp3) is 0.486. The van der Waals surface area contributed by atoms with E-state index < -0.39 is 27.8 Å². The number of hydrogen-bond donors (Lipinski definition) is 1. The highest BCUT2D eigenvalue weighted by atomic mass is 35.5. The normalized spacial score (nSPS) is 26.2. The Bertz CT molecular complexity index is 1910. The van der Waals surface area contributed by atoms with Crippen molar-refractivity contribution in [1.29, 1.82) is 0 Å². The lowest BCUT2D eigenvalue weighted by atomic mass is 9.70. The van der Waals surface area contributed by atoms with Crippen LogP contribution in [0.25, 0.3) is 0 Å². The first-order valence-corrected chi connectivity index (χ1v) is 19.4. The van der Waals surface area contributed by atoms with Crippen LogP contribution in [0.1, 0.15) is 63.9 Å². The molecule has 1 unspecified atom stereocenters. The Morgan fingerprint density at radius 1 is 1.04 bits per heavy atom. The highest BCUT2D eigenvalue weighted by molar-refractivity contribution is 7.92. The van der Waals surface area contributed by atoms with Crippen LogP contribution < -0.4 is 19.1 Å². The van der Waals surface area contributed by atoms with E-state index in [1.54, 1.807) is 39.5 Å². The lowest BCUT2D eigenvalue weighted by Gasteiger charge is -2.43. The number of nitrogens with zero attached hydrogens (tertiary/aromatic N) is 4. The van der Waals surface area contributed by atoms with Gasteiger partial charge in [-0.15, -0.1) is 9.46 Å². The lowest BCUT2D eigenvalue weighted by molar-refractivity contribution is 0.0126. The number of anilines is 1. The molecule has 1 fully saturated rings. The smallest absolute Gasteiger partial charge is 0.286 e. The Balaban J connectivity index is 1.46. The standard InChI is InChI=1S/C37H46ClN5O7S/c1-42-23-31(37(39-42)49-4)36(45)41-51(46)18-16-29(47-2)12-15-33(48-3)30-13-9-27(30)22-43-21-26-8-11-28(38)19-24(26)7-5-6-17-50-34-14-10-25(20-32(34)43)35(44)40-51/h8,10-12,14-15,19-20,23,27,29-30,33H,5-7,9,13,16-18,21-22H2,1-4H3,(H,40,41,44,45,46)/b15-12+/t27-,29-,30+,33-,51?/m0/s1. The number of hydrogen-bond acceptors (Lipinski definition) is 9. The fourth-order valence-electron chi connectivity index (χ4n) is 7.07. The third kappa shape index (κ3) is 8.60. The number of ether oxygens (including phenoxy) is 4. The highest BCUT2D eigenvalue weighted by Crippen LogP contribution is 2.42. The largest absolute Gasteiger partial charge is 0.491 e. The number of rotatable bonds is 5. The molecule has 0 saturated heterocycles. The van der Waals surface area contributed by atoms with Gasteiger partial charge < -0.3 is 23.8 Å². The maximum absolute atomic E-state index is 14.5. The Morgan fingerprint density at radius 3 is 2.63 bits per heavy atom. The maximum Gasteiger partial charge on any atom is 0.286 e. The van der Waals surface area contributed by atoms with Crippen LogP contribution in [0.4, 0.5) is 5.69 Å². The average Bonchev–Trinajstić information content (AvgIpc) is 3.48. The summed E-state index contributed by atoms with van der Waals surface area (Å²) in [5, 5.41) is 4.83. The number of nitrogens with one attached hydrogen (secondary N) is 1. The molecule has 2 aliphatic heterocycles. The molecule has 6 rings (SSSR count). The van der Waals surface area contributed by atoms with Gasteiger partial charge in [-0.1, -0.05) is 29.8 Å². The van der Waals surface area contributed by atoms with Crippen molar-refractivity contribution < 1.29 is 32.7 Å². The van der Waals surface area contributed by atoms with Crippen LogP contribution in [0.5, 0.6) is 11.6 Å². The summed E-state index contributed by atoms with van der Waals surface area (Å²) in [5.41, 5.74) is 3.38. The molecular formula is C37H46ClN5O7S. The third-order valence-corrected chi connectivity index (χ3v) is 12.0. The monoisotopic (exact) mass is 739 g/mol. The van der Waals surface area contributed by atoms with Crippen molar-refractivity contribution in [3.8, 4) is 11.6 Å². The highest BCUT2D eigenvalue weighted by Gasteiger charge is 2.38. The first kappa shape index (κ1) is 36.9. The van der Waals surface area contributed by atoms with E-state index in [9.17, 15) is 13.8 Å². The van der Waals surface area contributed by atoms with Crippen LogP contribution in [0, 0.1) is 11.8 Å². The van der Waals surface area contributed by atoms with E-state index in [-0.39, 0.29) is 41.2 Å². The van der Waals surface area contributed by atoms with Crippen LogP contribution in [0.15, 0.2) is 59.1 Å². The molecule has 274 valence electrons. The number of fused-ring (bicyclic) bond motifs is 3. The zero-order valence-corrected chi connectivity index (χ0v) is 31.1. The molecule has 1 N–H and O–H groups in total. The Labute approximate surface area is 304 Å². The molecule has 1 saturated carbocycles. The number of carbonyl (C=O) groups excluding carboxylic acids is 2. The lowest BCUT2D eigenvalue weighted by Crippen LogP contribution is -2.43. The van der Waals surface area contributed by atoms with E-state index >= 15 is 0 Å². The van der Waals surface area contributed by atoms with Gasteiger partial charge in [0.05, 0.1) is 37.4 Å². The first-order valence-electron chi connectivity index (χ1n) is 17.3. The summed E-state index contributed by atoms with van der Waals surface area (Å²) in [6, 6.07) is 11.2. The average molecular weight is 740 g/mol. The minimum Gasteiger partial charge on any atom is -0.491 e. The summed E-state index contributed by atoms with van der Waals surface area (Å²) in [4.78, 5) is 29.8. The summed E-state index contributed by atoms with van der Waals surface area (Å²) < 4.78 is 46.1. The second kappa shape index (κ2) is 16.2. The van der Waals surface area contributed by atoms with E-state index in [4.69, 9.17) is 30.5 Å². The van der Waals surface area contributed by atoms with Crippen molar-refractivity contribution in [3.63, 3.8) is 0 Å². The van der Waals surface area contributed by atoms with Crippen molar-refractivity contribution >= 4 is 39.0 Å². The summed E-state index contributed by atoms with van der Waals surface area (Å²) >= 11 is 6.46. The van der Waals surface area contributed by atoms with Crippen molar-refractivity contribution in [1.82, 2.24) is 14.5 Å². The molecule has 5 atom stereocenters. The third-order valence-electron chi connectivity index (χ3n) is 10.0. The second-order valence-electron chi connectivity index (χ2n) is 13.3. The van der Waals surface area contributed by atoms with Gasteiger partial charge in [0.1, 0.15) is 21.2 Å². The Morgan fingerprint density at radius 2 is 1.88 bits per heavy atom. The number of carbonyl (C=O) groups is 2. The molecule has 0 radical (unpaired) electrons. The minimum atomic E-state index is -3.68. The van der Waals surface area contributed by atoms with Crippen LogP contribution in [0.2, 0.25) is 5.02 Å². The van der Waals surface area contributed by atoms with Gasteiger partial charge in [-0.2, -0.15) is 0 Å². The molecule has 0 spiro atoms. The molecule has 2 amide bonds. The molecule has 2 aromatic carbocycles. The number of amides is 2. The van der Waals surface area contributed by atoms with Gasteiger partial charge in [0.25, 0.3) is 11.8 Å². The van der Waals surface area contributed by atoms with Crippen LogP contribution in [-0.4, -0.2) is 78.2 Å².